The Labute approximate surface area is 190 Å². The largest absolute Gasteiger partial charge is 0.334 e. The van der Waals surface area contributed by atoms with Gasteiger partial charge >= 0.3 is 0 Å². The average Bonchev–Trinajstić information content (AvgIpc) is 3.53. The molecule has 2 aromatic carbocycles. The average molecular weight is 439 g/mol. The monoisotopic (exact) mass is 439 g/mol. The van der Waals surface area contributed by atoms with Crippen LogP contribution >= 0.6 is 0 Å². The summed E-state index contributed by atoms with van der Waals surface area (Å²) < 4.78 is 5.46. The van der Waals surface area contributed by atoms with Crippen molar-refractivity contribution in [1.82, 2.24) is 25.5 Å². The lowest BCUT2D eigenvalue weighted by Crippen LogP contribution is -2.28. The number of carbonyl (C=O) groups excluding carboxylic acids is 1. The molecule has 3 heterocycles. The van der Waals surface area contributed by atoms with Gasteiger partial charge in [0.2, 0.25) is 0 Å². The zero-order chi connectivity index (χ0) is 22.6. The van der Waals surface area contributed by atoms with E-state index >= 15 is 0 Å². The van der Waals surface area contributed by atoms with Crippen molar-refractivity contribution in [2.24, 2.45) is 0 Å². The van der Waals surface area contributed by atoms with Gasteiger partial charge in [0, 0.05) is 36.1 Å². The third-order valence-corrected chi connectivity index (χ3v) is 5.42. The van der Waals surface area contributed by atoms with E-state index in [2.05, 4.69) is 20.6 Å². The van der Waals surface area contributed by atoms with Crippen molar-refractivity contribution in [2.45, 2.75) is 12.5 Å². The summed E-state index contributed by atoms with van der Waals surface area (Å²) in [4.78, 5) is 28.6. The molecule has 5 rings (SSSR count). The van der Waals surface area contributed by atoms with Crippen molar-refractivity contribution in [2.75, 3.05) is 7.11 Å². The standard InChI is InChI=1S/C25H21N5O3/c1-32-28-21-15-22(23-27-24(33-29-23)19-11-13-26-14-12-19)30(16-21)25(31)20-9-7-18(8-10-20)17-5-3-2-4-6-17/h2-14,16,22,28H,15H2,1H3. The zero-order valence-electron chi connectivity index (χ0n) is 17.9. The lowest BCUT2D eigenvalue weighted by Gasteiger charge is -2.21. The summed E-state index contributed by atoms with van der Waals surface area (Å²) in [6.07, 6.45) is 5.51. The number of hydrogen-bond donors (Lipinski definition) is 1. The molecule has 1 aliphatic rings. The van der Waals surface area contributed by atoms with Crippen molar-refractivity contribution < 1.29 is 14.2 Å². The van der Waals surface area contributed by atoms with Gasteiger partial charge in [-0.15, -0.1) is 0 Å². The first kappa shape index (κ1) is 20.6. The van der Waals surface area contributed by atoms with Crippen LogP contribution in [-0.4, -0.2) is 33.0 Å². The van der Waals surface area contributed by atoms with Gasteiger partial charge in [-0.05, 0) is 35.4 Å². The van der Waals surface area contributed by atoms with Crippen LogP contribution in [0.4, 0.5) is 0 Å². The molecule has 0 saturated carbocycles. The number of benzene rings is 2. The van der Waals surface area contributed by atoms with E-state index in [1.54, 1.807) is 35.6 Å². The maximum Gasteiger partial charge on any atom is 0.258 e. The number of hydroxylamine groups is 1. The fraction of sp³-hybridized carbons (Fsp3) is 0.120. The van der Waals surface area contributed by atoms with E-state index in [0.29, 0.717) is 23.7 Å². The fourth-order valence-corrected chi connectivity index (χ4v) is 3.80. The second kappa shape index (κ2) is 9.05. The molecule has 0 saturated heterocycles. The van der Waals surface area contributed by atoms with Crippen LogP contribution in [0.5, 0.6) is 0 Å². The summed E-state index contributed by atoms with van der Waals surface area (Å²) in [5.74, 6) is 0.628. The van der Waals surface area contributed by atoms with Crippen molar-refractivity contribution in [3.8, 4) is 22.6 Å². The number of carbonyl (C=O) groups is 1. The lowest BCUT2D eigenvalue weighted by atomic mass is 10.0. The first-order valence-electron chi connectivity index (χ1n) is 10.4. The van der Waals surface area contributed by atoms with Gasteiger partial charge in [0.1, 0.15) is 6.04 Å². The van der Waals surface area contributed by atoms with E-state index in [4.69, 9.17) is 9.36 Å². The number of pyridine rings is 1. The van der Waals surface area contributed by atoms with Crippen molar-refractivity contribution in [1.29, 1.82) is 0 Å². The fourth-order valence-electron chi connectivity index (χ4n) is 3.80. The van der Waals surface area contributed by atoms with Gasteiger partial charge < -0.3 is 9.42 Å². The highest BCUT2D eigenvalue weighted by Crippen LogP contribution is 2.34. The maximum absolute atomic E-state index is 13.4. The minimum absolute atomic E-state index is 0.164. The third-order valence-electron chi connectivity index (χ3n) is 5.42. The topological polar surface area (TPSA) is 93.4 Å². The Morgan fingerprint density at radius 2 is 1.73 bits per heavy atom. The number of amides is 1. The Hall–Kier alpha value is -4.30. The number of nitrogens with zero attached hydrogens (tertiary/aromatic N) is 4. The number of rotatable bonds is 6. The molecule has 2 aromatic heterocycles. The zero-order valence-corrected chi connectivity index (χ0v) is 17.9. The second-order valence-electron chi connectivity index (χ2n) is 7.53. The Balaban J connectivity index is 1.42. The van der Waals surface area contributed by atoms with Gasteiger partial charge in [-0.25, -0.2) is 0 Å². The summed E-state index contributed by atoms with van der Waals surface area (Å²) in [6, 6.07) is 20.7. The van der Waals surface area contributed by atoms with Crippen LogP contribution in [0.25, 0.3) is 22.6 Å². The van der Waals surface area contributed by atoms with Gasteiger partial charge in [-0.1, -0.05) is 47.6 Å². The van der Waals surface area contributed by atoms with Crippen LogP contribution < -0.4 is 5.48 Å². The number of hydrogen-bond acceptors (Lipinski definition) is 7. The van der Waals surface area contributed by atoms with Gasteiger partial charge in [0.05, 0.1) is 12.8 Å². The third kappa shape index (κ3) is 4.24. The van der Waals surface area contributed by atoms with E-state index in [9.17, 15) is 4.79 Å². The molecule has 4 aromatic rings. The van der Waals surface area contributed by atoms with Crippen LogP contribution in [0.15, 0.2) is 95.5 Å². The normalized spacial score (nSPS) is 15.4. The molecule has 1 aliphatic heterocycles. The first-order valence-corrected chi connectivity index (χ1v) is 10.4. The summed E-state index contributed by atoms with van der Waals surface area (Å²) in [5, 5.41) is 4.15. The van der Waals surface area contributed by atoms with E-state index in [0.717, 1.165) is 22.4 Å². The van der Waals surface area contributed by atoms with Crippen LogP contribution in [0.1, 0.15) is 28.6 Å². The summed E-state index contributed by atoms with van der Waals surface area (Å²) in [5.41, 5.74) is 7.03. The van der Waals surface area contributed by atoms with E-state index in [1.165, 1.54) is 7.11 Å². The molecule has 33 heavy (non-hydrogen) atoms. The van der Waals surface area contributed by atoms with E-state index in [-0.39, 0.29) is 5.91 Å². The molecule has 8 nitrogen and oxygen atoms in total. The Morgan fingerprint density at radius 3 is 2.45 bits per heavy atom. The predicted molar refractivity (Wildman–Crippen MR) is 121 cm³/mol. The SMILES string of the molecule is CONC1=CN(C(=O)c2ccc(-c3ccccc3)cc2)C(c2noc(-c3ccncc3)n2)C1. The second-order valence-corrected chi connectivity index (χ2v) is 7.53. The Bertz CT molecular complexity index is 1270. The molecule has 0 bridgehead atoms. The maximum atomic E-state index is 13.4. The summed E-state index contributed by atoms with van der Waals surface area (Å²) in [7, 11) is 1.53. The summed E-state index contributed by atoms with van der Waals surface area (Å²) in [6.45, 7) is 0. The van der Waals surface area contributed by atoms with Crippen LogP contribution in [-0.2, 0) is 4.84 Å². The molecule has 164 valence electrons. The van der Waals surface area contributed by atoms with Crippen molar-refractivity contribution in [3.05, 3.63) is 102 Å². The highest BCUT2D eigenvalue weighted by atomic mass is 16.6. The Kier molecular flexibility index (Phi) is 5.65. The molecule has 1 atom stereocenters. The first-order chi connectivity index (χ1) is 16.2. The van der Waals surface area contributed by atoms with Gasteiger partial charge in [-0.3, -0.25) is 20.1 Å². The smallest absolute Gasteiger partial charge is 0.258 e. The summed E-state index contributed by atoms with van der Waals surface area (Å²) >= 11 is 0. The lowest BCUT2D eigenvalue weighted by molar-refractivity contribution is 0.0777. The Morgan fingerprint density at radius 1 is 1.00 bits per heavy atom. The number of nitrogens with one attached hydrogen (secondary N) is 1. The van der Waals surface area contributed by atoms with Gasteiger partial charge in [-0.2, -0.15) is 4.98 Å². The van der Waals surface area contributed by atoms with Crippen LogP contribution in [0.3, 0.4) is 0 Å². The molecule has 0 fully saturated rings. The minimum Gasteiger partial charge on any atom is -0.334 e. The molecule has 8 heteroatoms. The molecular formula is C25H21N5O3. The highest BCUT2D eigenvalue weighted by molar-refractivity contribution is 5.96. The molecule has 1 N–H and O–H groups in total. The van der Waals surface area contributed by atoms with Crippen LogP contribution in [0, 0.1) is 0 Å². The van der Waals surface area contributed by atoms with Gasteiger partial charge in [0.25, 0.3) is 11.8 Å². The van der Waals surface area contributed by atoms with Crippen LogP contribution in [0.2, 0.25) is 0 Å². The minimum atomic E-state index is -0.428. The predicted octanol–water partition coefficient (Wildman–Crippen LogP) is 4.38. The highest BCUT2D eigenvalue weighted by Gasteiger charge is 2.35. The van der Waals surface area contributed by atoms with Crippen molar-refractivity contribution >= 4 is 5.91 Å². The van der Waals surface area contributed by atoms with Crippen molar-refractivity contribution in [3.63, 3.8) is 0 Å². The molecule has 0 radical (unpaired) electrons. The number of aromatic nitrogens is 3. The quantitative estimate of drug-likeness (QED) is 0.446. The van der Waals surface area contributed by atoms with E-state index < -0.39 is 6.04 Å². The molecule has 0 spiro atoms. The van der Waals surface area contributed by atoms with E-state index in [1.807, 2.05) is 54.6 Å². The van der Waals surface area contributed by atoms with Gasteiger partial charge in [0.15, 0.2) is 5.82 Å². The molecule has 1 amide bonds. The molecular weight excluding hydrogens is 418 g/mol. The molecule has 0 aliphatic carbocycles. The molecule has 1 unspecified atom stereocenters.